The topological polar surface area (TPSA) is 50.4 Å². The Labute approximate surface area is 108 Å². The second-order valence-electron chi connectivity index (χ2n) is 4.99. The number of ether oxygens (including phenoxy) is 1. The van der Waals surface area contributed by atoms with Gasteiger partial charge in [-0.15, -0.1) is 0 Å². The fraction of sp³-hybridized carbons (Fsp3) is 0.500. The highest BCUT2D eigenvalue weighted by Crippen LogP contribution is 2.33. The molecule has 2 rings (SSSR count). The van der Waals surface area contributed by atoms with Crippen LogP contribution in [0.4, 0.5) is 5.69 Å². The second-order valence-corrected chi connectivity index (χ2v) is 4.99. The molecule has 0 aliphatic carbocycles. The minimum atomic E-state index is -0.246. The van der Waals surface area contributed by atoms with Crippen molar-refractivity contribution in [1.82, 2.24) is 5.32 Å². The van der Waals surface area contributed by atoms with Crippen molar-refractivity contribution in [2.75, 3.05) is 19.0 Å². The minimum Gasteiger partial charge on any atom is -0.494 e. The van der Waals surface area contributed by atoms with Crippen LogP contribution in [0.2, 0.25) is 0 Å². The van der Waals surface area contributed by atoms with Crippen LogP contribution < -0.4 is 15.4 Å². The van der Waals surface area contributed by atoms with Crippen molar-refractivity contribution < 1.29 is 9.53 Å². The summed E-state index contributed by atoms with van der Waals surface area (Å²) in [6.07, 6.45) is 1.03. The normalized spacial score (nSPS) is 17.8. The number of anilines is 1. The maximum absolute atomic E-state index is 11.7. The van der Waals surface area contributed by atoms with Gasteiger partial charge in [0.25, 0.3) is 0 Å². The first-order valence-electron chi connectivity index (χ1n) is 6.36. The quantitative estimate of drug-likeness (QED) is 0.840. The Bertz CT molecular complexity index is 443. The zero-order valence-corrected chi connectivity index (χ0v) is 11.1. The van der Waals surface area contributed by atoms with Gasteiger partial charge in [0.1, 0.15) is 11.8 Å². The number of amides is 1. The molecule has 1 aliphatic heterocycles. The summed E-state index contributed by atoms with van der Waals surface area (Å²) in [7, 11) is 1.78. The van der Waals surface area contributed by atoms with E-state index in [4.69, 9.17) is 4.74 Å². The Morgan fingerprint density at radius 1 is 1.44 bits per heavy atom. The fourth-order valence-corrected chi connectivity index (χ4v) is 2.03. The van der Waals surface area contributed by atoms with E-state index in [1.165, 1.54) is 0 Å². The molecule has 1 amide bonds. The molecule has 18 heavy (non-hydrogen) atoms. The monoisotopic (exact) mass is 248 g/mol. The van der Waals surface area contributed by atoms with E-state index < -0.39 is 0 Å². The molecule has 1 atom stereocenters. The van der Waals surface area contributed by atoms with Crippen molar-refractivity contribution in [2.24, 2.45) is 5.92 Å². The largest absolute Gasteiger partial charge is 0.494 e. The molecule has 0 saturated carbocycles. The highest BCUT2D eigenvalue weighted by Gasteiger charge is 2.29. The number of rotatable bonds is 5. The summed E-state index contributed by atoms with van der Waals surface area (Å²) >= 11 is 0. The number of likely N-dealkylation sites (N-methyl/N-ethyl adjacent to an activating group) is 1. The predicted octanol–water partition coefficient (Wildman–Crippen LogP) is 2.32. The predicted molar refractivity (Wildman–Crippen MR) is 71.8 cm³/mol. The van der Waals surface area contributed by atoms with E-state index in [0.717, 1.165) is 23.4 Å². The molecule has 1 heterocycles. The number of hydrogen-bond donors (Lipinski definition) is 2. The maximum Gasteiger partial charge on any atom is 0.246 e. The van der Waals surface area contributed by atoms with Crippen molar-refractivity contribution in [3.63, 3.8) is 0 Å². The highest BCUT2D eigenvalue weighted by molar-refractivity contribution is 6.02. The van der Waals surface area contributed by atoms with E-state index in [2.05, 4.69) is 24.5 Å². The summed E-state index contributed by atoms with van der Waals surface area (Å²) in [5, 5.41) is 5.85. The van der Waals surface area contributed by atoms with E-state index in [0.29, 0.717) is 12.5 Å². The van der Waals surface area contributed by atoms with Gasteiger partial charge in [-0.2, -0.15) is 0 Å². The molecule has 0 spiro atoms. The van der Waals surface area contributed by atoms with E-state index in [9.17, 15) is 4.79 Å². The Balaban J connectivity index is 2.05. The Hall–Kier alpha value is -1.55. The third-order valence-electron chi connectivity index (χ3n) is 3.11. The van der Waals surface area contributed by atoms with Gasteiger partial charge >= 0.3 is 0 Å². The molecular formula is C14H20N2O2. The van der Waals surface area contributed by atoms with Gasteiger partial charge in [0.05, 0.1) is 6.61 Å². The summed E-state index contributed by atoms with van der Waals surface area (Å²) in [6.45, 7) is 5.05. The van der Waals surface area contributed by atoms with Crippen LogP contribution in [0.25, 0.3) is 0 Å². The lowest BCUT2D eigenvalue weighted by atomic mass is 10.1. The molecule has 0 bridgehead atoms. The van der Waals surface area contributed by atoms with Crippen LogP contribution in [0.1, 0.15) is 31.9 Å². The number of carbonyl (C=O) groups is 1. The Morgan fingerprint density at radius 2 is 2.22 bits per heavy atom. The van der Waals surface area contributed by atoms with Crippen molar-refractivity contribution >= 4 is 11.6 Å². The van der Waals surface area contributed by atoms with E-state index >= 15 is 0 Å². The van der Waals surface area contributed by atoms with Crippen molar-refractivity contribution in [1.29, 1.82) is 0 Å². The lowest BCUT2D eigenvalue weighted by Crippen LogP contribution is -2.23. The summed E-state index contributed by atoms with van der Waals surface area (Å²) in [5.74, 6) is 1.44. The third kappa shape index (κ3) is 2.64. The van der Waals surface area contributed by atoms with E-state index in [1.54, 1.807) is 7.05 Å². The minimum absolute atomic E-state index is 0.00756. The first kappa shape index (κ1) is 12.9. The smallest absolute Gasteiger partial charge is 0.246 e. The number of fused-ring (bicyclic) bond motifs is 1. The second kappa shape index (κ2) is 5.40. The lowest BCUT2D eigenvalue weighted by Gasteiger charge is -2.10. The number of hydrogen-bond acceptors (Lipinski definition) is 3. The summed E-state index contributed by atoms with van der Waals surface area (Å²) in [6, 6.07) is 5.51. The van der Waals surface area contributed by atoms with Gasteiger partial charge in [-0.25, -0.2) is 0 Å². The van der Waals surface area contributed by atoms with Gasteiger partial charge < -0.3 is 15.4 Å². The van der Waals surface area contributed by atoms with E-state index in [-0.39, 0.29) is 11.9 Å². The lowest BCUT2D eigenvalue weighted by molar-refractivity contribution is -0.117. The van der Waals surface area contributed by atoms with Gasteiger partial charge in [-0.1, -0.05) is 19.9 Å². The molecular weight excluding hydrogens is 228 g/mol. The van der Waals surface area contributed by atoms with Gasteiger partial charge in [0.15, 0.2) is 0 Å². The molecule has 98 valence electrons. The van der Waals surface area contributed by atoms with Gasteiger partial charge in [-0.05, 0) is 25.5 Å². The molecule has 4 nitrogen and oxygen atoms in total. The zero-order chi connectivity index (χ0) is 13.1. The van der Waals surface area contributed by atoms with Gasteiger partial charge in [0.2, 0.25) is 5.91 Å². The molecule has 1 aromatic carbocycles. The summed E-state index contributed by atoms with van der Waals surface area (Å²) < 4.78 is 5.67. The SMILES string of the molecule is CNC1C(=O)Nc2cc(OCCC(C)C)ccc21. The Morgan fingerprint density at radius 3 is 2.89 bits per heavy atom. The van der Waals surface area contributed by atoms with Crippen LogP contribution in [-0.2, 0) is 4.79 Å². The van der Waals surface area contributed by atoms with E-state index in [1.807, 2.05) is 18.2 Å². The average Bonchev–Trinajstić information content (AvgIpc) is 2.63. The molecule has 1 aromatic rings. The van der Waals surface area contributed by atoms with Gasteiger partial charge in [-0.3, -0.25) is 4.79 Å². The van der Waals surface area contributed by atoms with Gasteiger partial charge in [0, 0.05) is 17.3 Å². The van der Waals surface area contributed by atoms with Crippen LogP contribution in [-0.4, -0.2) is 19.6 Å². The first-order valence-corrected chi connectivity index (χ1v) is 6.36. The average molecular weight is 248 g/mol. The number of benzene rings is 1. The molecule has 0 fully saturated rings. The van der Waals surface area contributed by atoms with Crippen LogP contribution in [0.15, 0.2) is 18.2 Å². The summed E-state index contributed by atoms with van der Waals surface area (Å²) in [5.41, 5.74) is 1.83. The van der Waals surface area contributed by atoms with Crippen LogP contribution in [0, 0.1) is 5.92 Å². The molecule has 0 saturated heterocycles. The molecule has 0 radical (unpaired) electrons. The van der Waals surface area contributed by atoms with Crippen molar-refractivity contribution in [2.45, 2.75) is 26.3 Å². The maximum atomic E-state index is 11.7. The molecule has 1 unspecified atom stereocenters. The fourth-order valence-electron chi connectivity index (χ4n) is 2.03. The highest BCUT2D eigenvalue weighted by atomic mass is 16.5. The van der Waals surface area contributed by atoms with Crippen molar-refractivity contribution in [3.8, 4) is 5.75 Å². The molecule has 4 heteroatoms. The van der Waals surface area contributed by atoms with Crippen LogP contribution >= 0.6 is 0 Å². The number of nitrogens with one attached hydrogen (secondary N) is 2. The molecule has 2 N–H and O–H groups in total. The zero-order valence-electron chi connectivity index (χ0n) is 11.1. The standard InChI is InChI=1S/C14H20N2O2/c1-9(2)6-7-18-10-4-5-11-12(8-10)16-14(17)13(11)15-3/h4-5,8-9,13,15H,6-7H2,1-3H3,(H,16,17). The van der Waals surface area contributed by atoms with Crippen LogP contribution in [0.3, 0.4) is 0 Å². The summed E-state index contributed by atoms with van der Waals surface area (Å²) in [4.78, 5) is 11.7. The van der Waals surface area contributed by atoms with Crippen molar-refractivity contribution in [3.05, 3.63) is 23.8 Å². The molecule has 0 aromatic heterocycles. The Kier molecular flexibility index (Phi) is 3.87. The third-order valence-corrected chi connectivity index (χ3v) is 3.11. The van der Waals surface area contributed by atoms with Crippen LogP contribution in [0.5, 0.6) is 5.75 Å². The molecule has 1 aliphatic rings. The number of carbonyl (C=O) groups excluding carboxylic acids is 1. The first-order chi connectivity index (χ1) is 8.61.